The highest BCUT2D eigenvalue weighted by Gasteiger charge is 2.12. The van der Waals surface area contributed by atoms with Crippen molar-refractivity contribution < 1.29 is 19.1 Å². The number of hydrazone groups is 1. The summed E-state index contributed by atoms with van der Waals surface area (Å²) in [6, 6.07) is 19.9. The molecule has 8 nitrogen and oxygen atoms in total. The predicted molar refractivity (Wildman–Crippen MR) is 118 cm³/mol. The van der Waals surface area contributed by atoms with E-state index in [1.54, 1.807) is 24.3 Å². The summed E-state index contributed by atoms with van der Waals surface area (Å²) >= 11 is 0. The van der Waals surface area contributed by atoms with Crippen LogP contribution in [0.25, 0.3) is 10.8 Å². The standard InChI is InChI=1S/C24H16N4O4/c25-13-17-12-15(8-10-21(17)29)23(30)28-26-14-16-7-9-20(19-5-2-1-4-18(16)19)27-24(31)22-6-3-11-32-22/h1-12,14,29H,(H,27,31)(H,28,30)/b26-14+. The van der Waals surface area contributed by atoms with Gasteiger partial charge in [0.15, 0.2) is 5.76 Å². The Bertz CT molecular complexity index is 1390. The number of hydrogen-bond donors (Lipinski definition) is 3. The third kappa shape index (κ3) is 4.17. The maximum absolute atomic E-state index is 12.3. The molecule has 156 valence electrons. The number of hydrogen-bond acceptors (Lipinski definition) is 6. The van der Waals surface area contributed by atoms with Crippen LogP contribution in [0.3, 0.4) is 0 Å². The number of fused-ring (bicyclic) bond motifs is 1. The second-order valence-electron chi connectivity index (χ2n) is 6.72. The van der Waals surface area contributed by atoms with Crippen LogP contribution in [-0.4, -0.2) is 23.1 Å². The quantitative estimate of drug-likeness (QED) is 0.329. The lowest BCUT2D eigenvalue weighted by Crippen LogP contribution is -2.17. The van der Waals surface area contributed by atoms with Crippen molar-refractivity contribution in [3.05, 3.63) is 95.4 Å². The van der Waals surface area contributed by atoms with Crippen molar-refractivity contribution >= 4 is 34.5 Å². The van der Waals surface area contributed by atoms with Crippen LogP contribution >= 0.6 is 0 Å². The van der Waals surface area contributed by atoms with Gasteiger partial charge in [-0.2, -0.15) is 10.4 Å². The normalized spacial score (nSPS) is 10.7. The Labute approximate surface area is 182 Å². The zero-order chi connectivity index (χ0) is 22.5. The van der Waals surface area contributed by atoms with Crippen molar-refractivity contribution in [2.75, 3.05) is 5.32 Å². The van der Waals surface area contributed by atoms with Gasteiger partial charge in [0.2, 0.25) is 0 Å². The van der Waals surface area contributed by atoms with Crippen LogP contribution in [-0.2, 0) is 0 Å². The number of carbonyl (C=O) groups is 2. The number of phenols is 1. The van der Waals surface area contributed by atoms with Crippen LogP contribution in [0.2, 0.25) is 0 Å². The fourth-order valence-electron chi connectivity index (χ4n) is 3.13. The van der Waals surface area contributed by atoms with Crippen LogP contribution in [0.5, 0.6) is 5.75 Å². The summed E-state index contributed by atoms with van der Waals surface area (Å²) in [6.07, 6.45) is 2.92. The summed E-state index contributed by atoms with van der Waals surface area (Å²) in [4.78, 5) is 24.6. The summed E-state index contributed by atoms with van der Waals surface area (Å²) in [6.45, 7) is 0. The van der Waals surface area contributed by atoms with E-state index in [2.05, 4.69) is 15.8 Å². The van der Waals surface area contributed by atoms with E-state index in [-0.39, 0.29) is 28.5 Å². The van der Waals surface area contributed by atoms with Crippen LogP contribution in [0.15, 0.2) is 82.5 Å². The maximum atomic E-state index is 12.3. The van der Waals surface area contributed by atoms with Gasteiger partial charge in [0.25, 0.3) is 11.8 Å². The molecule has 0 atom stereocenters. The fourth-order valence-corrected chi connectivity index (χ4v) is 3.13. The zero-order valence-corrected chi connectivity index (χ0v) is 16.6. The average molecular weight is 424 g/mol. The first-order valence-electron chi connectivity index (χ1n) is 9.50. The van der Waals surface area contributed by atoms with Crippen molar-refractivity contribution in [3.63, 3.8) is 0 Å². The molecule has 1 aromatic heterocycles. The third-order valence-electron chi connectivity index (χ3n) is 4.70. The van der Waals surface area contributed by atoms with Crippen LogP contribution in [0, 0.1) is 11.3 Å². The zero-order valence-electron chi connectivity index (χ0n) is 16.6. The van der Waals surface area contributed by atoms with Crippen LogP contribution in [0.1, 0.15) is 32.0 Å². The van der Waals surface area contributed by atoms with Crippen LogP contribution in [0.4, 0.5) is 5.69 Å². The van der Waals surface area contributed by atoms with E-state index in [4.69, 9.17) is 9.68 Å². The fraction of sp³-hybridized carbons (Fsp3) is 0. The highest BCUT2D eigenvalue weighted by Crippen LogP contribution is 2.26. The van der Waals surface area contributed by atoms with E-state index in [1.165, 1.54) is 30.7 Å². The number of phenolic OH excluding ortho intramolecular Hbond substituents is 1. The number of nitriles is 1. The average Bonchev–Trinajstić information content (AvgIpc) is 3.36. The molecule has 4 rings (SSSR count). The molecule has 0 aliphatic rings. The van der Waals surface area contributed by atoms with Crippen molar-refractivity contribution in [1.29, 1.82) is 5.26 Å². The molecule has 3 aromatic carbocycles. The molecule has 2 amide bonds. The highest BCUT2D eigenvalue weighted by atomic mass is 16.3. The summed E-state index contributed by atoms with van der Waals surface area (Å²) in [5, 5.41) is 27.0. The van der Waals surface area contributed by atoms with Crippen molar-refractivity contribution in [3.8, 4) is 11.8 Å². The van der Waals surface area contributed by atoms with Gasteiger partial charge in [-0.25, -0.2) is 5.43 Å². The van der Waals surface area contributed by atoms with Gasteiger partial charge in [-0.1, -0.05) is 30.3 Å². The summed E-state index contributed by atoms with van der Waals surface area (Å²) in [5.41, 5.74) is 3.93. The van der Waals surface area contributed by atoms with Gasteiger partial charge in [0.1, 0.15) is 11.8 Å². The molecule has 32 heavy (non-hydrogen) atoms. The molecule has 0 aliphatic heterocycles. The number of nitrogens with one attached hydrogen (secondary N) is 2. The predicted octanol–water partition coefficient (Wildman–Crippen LogP) is 4.03. The Balaban J connectivity index is 1.55. The van der Waals surface area contributed by atoms with Gasteiger partial charge in [-0.05, 0) is 41.8 Å². The highest BCUT2D eigenvalue weighted by molar-refractivity contribution is 6.11. The smallest absolute Gasteiger partial charge is 0.291 e. The van der Waals surface area contributed by atoms with Crippen LogP contribution < -0.4 is 10.7 Å². The maximum Gasteiger partial charge on any atom is 0.291 e. The largest absolute Gasteiger partial charge is 0.507 e. The monoisotopic (exact) mass is 424 g/mol. The summed E-state index contributed by atoms with van der Waals surface area (Å²) < 4.78 is 5.13. The van der Waals surface area contributed by atoms with E-state index in [0.717, 1.165) is 16.3 Å². The summed E-state index contributed by atoms with van der Waals surface area (Å²) in [5.74, 6) is -0.877. The van der Waals surface area contributed by atoms with Gasteiger partial charge in [0.05, 0.1) is 18.0 Å². The lowest BCUT2D eigenvalue weighted by molar-refractivity contribution is 0.0953. The van der Waals surface area contributed by atoms with E-state index < -0.39 is 5.91 Å². The molecule has 0 fully saturated rings. The number of benzene rings is 3. The molecule has 0 radical (unpaired) electrons. The lowest BCUT2D eigenvalue weighted by atomic mass is 10.0. The second-order valence-corrected chi connectivity index (χ2v) is 6.72. The first-order chi connectivity index (χ1) is 15.6. The molecule has 0 saturated heterocycles. The minimum Gasteiger partial charge on any atom is -0.507 e. The number of nitrogens with zero attached hydrogens (tertiary/aromatic N) is 2. The van der Waals surface area contributed by atoms with Crippen molar-refractivity contribution in [2.45, 2.75) is 0 Å². The second kappa shape index (κ2) is 8.85. The number of furan rings is 1. The molecular formula is C24H16N4O4. The van der Waals surface area contributed by atoms with E-state index >= 15 is 0 Å². The first kappa shape index (κ1) is 20.4. The Morgan fingerprint density at radius 1 is 1.00 bits per heavy atom. The van der Waals surface area contributed by atoms with E-state index in [0.29, 0.717) is 5.69 Å². The molecule has 3 N–H and O–H groups in total. The minimum atomic E-state index is -0.524. The summed E-state index contributed by atoms with van der Waals surface area (Å²) in [7, 11) is 0. The molecule has 0 bridgehead atoms. The topological polar surface area (TPSA) is 128 Å². The number of carbonyl (C=O) groups excluding carboxylic acids is 2. The number of rotatable bonds is 5. The number of aromatic hydroxyl groups is 1. The number of amides is 2. The Morgan fingerprint density at radius 3 is 2.56 bits per heavy atom. The lowest BCUT2D eigenvalue weighted by Gasteiger charge is -2.10. The van der Waals surface area contributed by atoms with Gasteiger partial charge < -0.3 is 14.8 Å². The third-order valence-corrected chi connectivity index (χ3v) is 4.70. The Hall–Kier alpha value is -4.90. The number of anilines is 1. The Kier molecular flexibility index (Phi) is 5.64. The molecule has 0 spiro atoms. The Morgan fingerprint density at radius 2 is 1.81 bits per heavy atom. The van der Waals surface area contributed by atoms with Gasteiger partial charge in [-0.15, -0.1) is 0 Å². The molecule has 8 heteroatoms. The van der Waals surface area contributed by atoms with E-state index in [1.807, 2.05) is 30.3 Å². The molecule has 0 aliphatic carbocycles. The van der Waals surface area contributed by atoms with Crippen molar-refractivity contribution in [1.82, 2.24) is 5.43 Å². The molecule has 0 saturated carbocycles. The minimum absolute atomic E-state index is 0.000178. The van der Waals surface area contributed by atoms with Gasteiger partial charge in [-0.3, -0.25) is 9.59 Å². The van der Waals surface area contributed by atoms with Gasteiger partial charge >= 0.3 is 0 Å². The van der Waals surface area contributed by atoms with Gasteiger partial charge in [0, 0.05) is 22.2 Å². The first-order valence-corrected chi connectivity index (χ1v) is 9.50. The molecule has 1 heterocycles. The van der Waals surface area contributed by atoms with E-state index in [9.17, 15) is 14.7 Å². The molecule has 0 unspecified atom stereocenters. The molecular weight excluding hydrogens is 408 g/mol. The SMILES string of the molecule is N#Cc1cc(C(=O)N/N=C/c2ccc(NC(=O)c3ccco3)c3ccccc23)ccc1O. The van der Waals surface area contributed by atoms with Crippen molar-refractivity contribution in [2.24, 2.45) is 5.10 Å². The molecule has 4 aromatic rings.